The van der Waals surface area contributed by atoms with Gasteiger partial charge in [-0.2, -0.15) is 0 Å². The Bertz CT molecular complexity index is 1020. The molecule has 1 atom stereocenters. The van der Waals surface area contributed by atoms with E-state index in [1.807, 2.05) is 0 Å². The van der Waals surface area contributed by atoms with Gasteiger partial charge in [-0.1, -0.05) is 0 Å². The fourth-order valence-corrected chi connectivity index (χ4v) is 3.04. The first-order valence-electron chi connectivity index (χ1n) is 8.91. The molecule has 1 unspecified atom stereocenters. The van der Waals surface area contributed by atoms with E-state index in [2.05, 4.69) is 5.32 Å². The third-order valence-electron chi connectivity index (χ3n) is 4.53. The highest BCUT2D eigenvalue weighted by molar-refractivity contribution is 6.18. The van der Waals surface area contributed by atoms with Gasteiger partial charge in [-0.3, -0.25) is 9.59 Å². The number of aliphatic hydroxyl groups excluding tert-OH is 1. The topological polar surface area (TPSA) is 126 Å². The summed E-state index contributed by atoms with van der Waals surface area (Å²) >= 11 is 5.56. The molecule has 1 saturated heterocycles. The van der Waals surface area contributed by atoms with Crippen LogP contribution in [0.15, 0.2) is 27.4 Å². The molecule has 3 rings (SSSR count). The van der Waals surface area contributed by atoms with Crippen molar-refractivity contribution in [2.75, 3.05) is 17.7 Å². The second-order valence-corrected chi connectivity index (χ2v) is 6.92. The lowest BCUT2D eigenvalue weighted by atomic mass is 10.0. The molecule has 2 N–H and O–H groups in total. The molecule has 1 aromatic heterocycles. The summed E-state index contributed by atoms with van der Waals surface area (Å²) in [6.07, 6.45) is -1.18. The molecule has 0 saturated carbocycles. The maximum Gasteiger partial charge on any atom is 0.340 e. The number of hydrogen-bond donors (Lipinski definition) is 2. The van der Waals surface area contributed by atoms with Crippen LogP contribution in [-0.4, -0.2) is 46.5 Å². The highest BCUT2D eigenvalue weighted by atomic mass is 35.5. The number of hydroxylamine groups is 2. The monoisotopic (exact) mass is 422 g/mol. The van der Waals surface area contributed by atoms with Crippen LogP contribution in [0.1, 0.15) is 24.0 Å². The fraction of sp³-hybridized carbons (Fsp3) is 0.368. The summed E-state index contributed by atoms with van der Waals surface area (Å²) in [5.41, 5.74) is 0.825. The molecule has 2 aromatic rings. The first-order chi connectivity index (χ1) is 13.8. The van der Waals surface area contributed by atoms with E-state index in [4.69, 9.17) is 20.9 Å². The third-order valence-corrected chi connectivity index (χ3v) is 4.88. The van der Waals surface area contributed by atoms with Crippen molar-refractivity contribution in [2.24, 2.45) is 0 Å². The molecule has 1 aliphatic rings. The summed E-state index contributed by atoms with van der Waals surface area (Å²) in [5, 5.41) is 13.6. The van der Waals surface area contributed by atoms with E-state index < -0.39 is 35.9 Å². The van der Waals surface area contributed by atoms with Crippen LogP contribution in [0.4, 0.5) is 5.69 Å². The largest absolute Gasteiger partial charge is 0.422 e. The number of amides is 2. The van der Waals surface area contributed by atoms with Gasteiger partial charge < -0.3 is 19.7 Å². The van der Waals surface area contributed by atoms with E-state index in [0.717, 1.165) is 0 Å². The first-order valence-corrected chi connectivity index (χ1v) is 9.44. The second kappa shape index (κ2) is 8.62. The minimum Gasteiger partial charge on any atom is -0.422 e. The average molecular weight is 423 g/mol. The predicted octanol–water partition coefficient (Wildman–Crippen LogP) is 1.26. The summed E-state index contributed by atoms with van der Waals surface area (Å²) in [4.78, 5) is 52.4. The van der Waals surface area contributed by atoms with Crippen LogP contribution < -0.4 is 10.9 Å². The number of nitrogens with zero attached hydrogens (tertiary/aromatic N) is 1. The van der Waals surface area contributed by atoms with E-state index in [9.17, 15) is 24.3 Å². The van der Waals surface area contributed by atoms with Gasteiger partial charge in [0, 0.05) is 36.5 Å². The average Bonchev–Trinajstić information content (AvgIpc) is 3.01. The first kappa shape index (κ1) is 20.8. The molecule has 1 aliphatic heterocycles. The highest BCUT2D eigenvalue weighted by Gasteiger charge is 2.33. The summed E-state index contributed by atoms with van der Waals surface area (Å²) < 4.78 is 5.32. The second-order valence-electron chi connectivity index (χ2n) is 6.61. The van der Waals surface area contributed by atoms with E-state index in [1.165, 1.54) is 0 Å². The fourth-order valence-electron chi connectivity index (χ4n) is 2.93. The van der Waals surface area contributed by atoms with Crippen molar-refractivity contribution >= 4 is 46.0 Å². The van der Waals surface area contributed by atoms with E-state index in [-0.39, 0.29) is 30.8 Å². The molecule has 29 heavy (non-hydrogen) atoms. The van der Waals surface area contributed by atoms with Crippen LogP contribution in [0.3, 0.4) is 0 Å². The lowest BCUT2D eigenvalue weighted by Crippen LogP contribution is -2.33. The normalized spacial score (nSPS) is 15.1. The zero-order valence-corrected chi connectivity index (χ0v) is 16.3. The number of carbonyl (C=O) groups is 3. The number of aliphatic hydroxyl groups is 1. The minimum atomic E-state index is -0.906. The summed E-state index contributed by atoms with van der Waals surface area (Å²) in [6.45, 7) is 1.90. The van der Waals surface area contributed by atoms with Gasteiger partial charge >= 0.3 is 11.6 Å². The highest BCUT2D eigenvalue weighted by Crippen LogP contribution is 2.23. The Labute approximate surface area is 170 Å². The molecule has 0 spiro atoms. The number of hydrogen-bond acceptors (Lipinski definition) is 8. The molecule has 1 fully saturated rings. The molecular weight excluding hydrogens is 404 g/mol. The Hall–Kier alpha value is -2.91. The molecule has 2 amide bonds. The van der Waals surface area contributed by atoms with E-state index in [1.54, 1.807) is 25.1 Å². The number of anilines is 1. The lowest BCUT2D eigenvalue weighted by Gasteiger charge is -2.14. The Morgan fingerprint density at radius 3 is 2.66 bits per heavy atom. The van der Waals surface area contributed by atoms with Crippen LogP contribution >= 0.6 is 11.6 Å². The number of benzene rings is 1. The standard InChI is InChI=1S/C19H19ClN2O7/c1-10-13-3-2-11(21-9-12(23)8-20)6-15(13)28-19(27)14(10)7-18(26)29-22-16(24)4-5-17(22)25/h2-3,6,12,21,23H,4-5,7-9H2,1H3. The van der Waals surface area contributed by atoms with Gasteiger partial charge in [0.25, 0.3) is 11.8 Å². The molecule has 10 heteroatoms. The van der Waals surface area contributed by atoms with Crippen LogP contribution in [0.25, 0.3) is 11.0 Å². The number of nitrogens with one attached hydrogen (secondary N) is 1. The third kappa shape index (κ3) is 4.57. The number of fused-ring (bicyclic) bond motifs is 1. The molecular formula is C19H19ClN2O7. The molecule has 0 radical (unpaired) electrons. The molecule has 2 heterocycles. The van der Waals surface area contributed by atoms with Crippen molar-refractivity contribution < 1.29 is 28.7 Å². The van der Waals surface area contributed by atoms with Gasteiger partial charge in [-0.05, 0) is 24.6 Å². The van der Waals surface area contributed by atoms with Crippen molar-refractivity contribution in [2.45, 2.75) is 32.3 Å². The quantitative estimate of drug-likeness (QED) is 0.388. The molecule has 0 aliphatic carbocycles. The van der Waals surface area contributed by atoms with E-state index >= 15 is 0 Å². The smallest absolute Gasteiger partial charge is 0.340 e. The number of carbonyl (C=O) groups excluding carboxylic acids is 3. The number of halogens is 1. The number of alkyl halides is 1. The van der Waals surface area contributed by atoms with Crippen molar-refractivity contribution in [3.8, 4) is 0 Å². The van der Waals surface area contributed by atoms with Gasteiger partial charge in [0.15, 0.2) is 0 Å². The van der Waals surface area contributed by atoms with Crippen LogP contribution in [0.2, 0.25) is 0 Å². The maximum absolute atomic E-state index is 12.4. The minimum absolute atomic E-state index is 0.0124. The van der Waals surface area contributed by atoms with Gasteiger partial charge in [-0.25, -0.2) is 9.59 Å². The van der Waals surface area contributed by atoms with Crippen LogP contribution in [0.5, 0.6) is 0 Å². The zero-order chi connectivity index (χ0) is 21.1. The Balaban J connectivity index is 1.80. The summed E-state index contributed by atoms with van der Waals surface area (Å²) in [5.74, 6) is -2.00. The Morgan fingerprint density at radius 1 is 1.31 bits per heavy atom. The lowest BCUT2D eigenvalue weighted by molar-refractivity contribution is -0.197. The zero-order valence-electron chi connectivity index (χ0n) is 15.6. The van der Waals surface area contributed by atoms with Gasteiger partial charge in [0.1, 0.15) is 5.58 Å². The van der Waals surface area contributed by atoms with Crippen molar-refractivity contribution in [3.63, 3.8) is 0 Å². The predicted molar refractivity (Wildman–Crippen MR) is 103 cm³/mol. The van der Waals surface area contributed by atoms with Gasteiger partial charge in [0.05, 0.1) is 24.0 Å². The van der Waals surface area contributed by atoms with Gasteiger partial charge in [0.2, 0.25) is 0 Å². The number of imide groups is 1. The molecule has 154 valence electrons. The van der Waals surface area contributed by atoms with Crippen LogP contribution in [0, 0.1) is 6.92 Å². The van der Waals surface area contributed by atoms with Gasteiger partial charge in [-0.15, -0.1) is 16.7 Å². The van der Waals surface area contributed by atoms with Crippen molar-refractivity contribution in [1.82, 2.24) is 5.06 Å². The van der Waals surface area contributed by atoms with Crippen molar-refractivity contribution in [3.05, 3.63) is 39.7 Å². The van der Waals surface area contributed by atoms with Crippen LogP contribution in [-0.2, 0) is 25.6 Å². The molecule has 9 nitrogen and oxygen atoms in total. The Kier molecular flexibility index (Phi) is 6.19. The molecule has 0 bridgehead atoms. The summed E-state index contributed by atoms with van der Waals surface area (Å²) in [6, 6.07) is 5.06. The number of rotatable bonds is 7. The van der Waals surface area contributed by atoms with Crippen molar-refractivity contribution in [1.29, 1.82) is 0 Å². The molecule has 1 aromatic carbocycles. The van der Waals surface area contributed by atoms with E-state index in [0.29, 0.717) is 27.3 Å². The SMILES string of the molecule is Cc1c(CC(=O)ON2C(=O)CCC2=O)c(=O)oc2cc(NCC(O)CCl)ccc12. The Morgan fingerprint density at radius 2 is 2.00 bits per heavy atom. The maximum atomic E-state index is 12.4. The number of aryl methyl sites for hydroxylation is 1. The summed E-state index contributed by atoms with van der Waals surface area (Å²) in [7, 11) is 0.